The van der Waals surface area contributed by atoms with Gasteiger partial charge in [0.05, 0.1) is 30.6 Å². The number of anilines is 1. The van der Waals surface area contributed by atoms with E-state index in [9.17, 15) is 4.79 Å². The topological polar surface area (TPSA) is 113 Å². The van der Waals surface area contributed by atoms with E-state index in [4.69, 9.17) is 4.74 Å². The predicted octanol–water partition coefficient (Wildman–Crippen LogP) is 2.45. The Hall–Kier alpha value is -3.76. The highest BCUT2D eigenvalue weighted by molar-refractivity contribution is 5.95. The summed E-state index contributed by atoms with van der Waals surface area (Å²) in [6.45, 7) is 4.48. The van der Waals surface area contributed by atoms with Crippen molar-refractivity contribution >= 4 is 22.5 Å². The lowest BCUT2D eigenvalue weighted by molar-refractivity contribution is 0.0303. The Morgan fingerprint density at radius 1 is 1.11 bits per heavy atom. The number of carbonyl (C=O) groups excluding carboxylic acids is 1. The van der Waals surface area contributed by atoms with Crippen molar-refractivity contribution in [2.45, 2.75) is 18.9 Å². The maximum Gasteiger partial charge on any atom is 0.254 e. The molecule has 35 heavy (non-hydrogen) atoms. The van der Waals surface area contributed by atoms with Gasteiger partial charge in [0.25, 0.3) is 5.91 Å². The first-order valence-electron chi connectivity index (χ1n) is 12.1. The molecule has 180 valence electrons. The van der Waals surface area contributed by atoms with Crippen molar-refractivity contribution in [2.24, 2.45) is 0 Å². The van der Waals surface area contributed by atoms with Crippen molar-refractivity contribution in [3.63, 3.8) is 0 Å². The molecule has 2 fully saturated rings. The van der Waals surface area contributed by atoms with Gasteiger partial charge in [-0.3, -0.25) is 9.89 Å². The second-order valence-corrected chi connectivity index (χ2v) is 9.02. The first kappa shape index (κ1) is 21.8. The summed E-state index contributed by atoms with van der Waals surface area (Å²) in [4.78, 5) is 14.5. The quantitative estimate of drug-likeness (QED) is 0.409. The molecule has 1 atom stereocenters. The summed E-state index contributed by atoms with van der Waals surface area (Å²) in [5, 5.41) is 24.4. The molecule has 2 aromatic heterocycles. The molecule has 2 aromatic carbocycles. The summed E-state index contributed by atoms with van der Waals surface area (Å²) in [7, 11) is 0. The van der Waals surface area contributed by atoms with Gasteiger partial charge in [-0.2, -0.15) is 5.10 Å². The number of aromatic amines is 1. The third-order valence-corrected chi connectivity index (χ3v) is 6.64. The van der Waals surface area contributed by atoms with E-state index < -0.39 is 0 Å². The molecule has 6 rings (SSSR count). The number of carbonyl (C=O) groups is 1. The van der Waals surface area contributed by atoms with E-state index in [1.807, 2.05) is 41.4 Å². The van der Waals surface area contributed by atoms with Crippen molar-refractivity contribution in [2.75, 3.05) is 44.7 Å². The summed E-state index contributed by atoms with van der Waals surface area (Å²) < 4.78 is 7.04. The van der Waals surface area contributed by atoms with E-state index in [1.165, 1.54) is 6.42 Å². The first-order valence-corrected chi connectivity index (χ1v) is 12.1. The monoisotopic (exact) mass is 472 g/mol. The number of piperidine rings is 1. The molecule has 1 amide bonds. The van der Waals surface area contributed by atoms with Crippen LogP contribution in [0.15, 0.2) is 48.7 Å². The Morgan fingerprint density at radius 3 is 2.77 bits per heavy atom. The molecule has 0 radical (unpaired) electrons. The van der Waals surface area contributed by atoms with Gasteiger partial charge >= 0.3 is 0 Å². The van der Waals surface area contributed by atoms with Gasteiger partial charge in [0.15, 0.2) is 0 Å². The van der Waals surface area contributed by atoms with Crippen LogP contribution in [0.1, 0.15) is 23.2 Å². The third kappa shape index (κ3) is 4.50. The van der Waals surface area contributed by atoms with Gasteiger partial charge in [-0.15, -0.1) is 5.10 Å². The number of benzene rings is 2. The van der Waals surface area contributed by atoms with Gasteiger partial charge in [-0.25, -0.2) is 4.68 Å². The highest BCUT2D eigenvalue weighted by atomic mass is 16.5. The maximum atomic E-state index is 12.7. The van der Waals surface area contributed by atoms with E-state index in [0.717, 1.165) is 47.5 Å². The molecule has 10 nitrogen and oxygen atoms in total. The number of fused-ring (bicyclic) bond motifs is 1. The standard InChI is InChI=1S/C25H28N8O2/c34-25(32-10-12-35-13-11-32)17-3-6-20(7-4-17)33-16-23(29-31-33)24-21-14-18(5-8-22(21)28-30-24)27-19-2-1-9-26-15-19/h3-8,14,16,19,26-27H,1-2,9-13,15H2,(H,28,30). The van der Waals surface area contributed by atoms with Crippen LogP contribution in [-0.2, 0) is 4.74 Å². The van der Waals surface area contributed by atoms with Crippen molar-refractivity contribution in [1.29, 1.82) is 0 Å². The Balaban J connectivity index is 1.21. The molecule has 0 aliphatic carbocycles. The molecule has 2 aliphatic heterocycles. The molecule has 10 heteroatoms. The minimum absolute atomic E-state index is 0.0237. The summed E-state index contributed by atoms with van der Waals surface area (Å²) in [6, 6.07) is 14.1. The van der Waals surface area contributed by atoms with E-state index in [2.05, 4.69) is 43.3 Å². The lowest BCUT2D eigenvalue weighted by atomic mass is 10.1. The van der Waals surface area contributed by atoms with Crippen LogP contribution >= 0.6 is 0 Å². The number of hydrogen-bond acceptors (Lipinski definition) is 7. The van der Waals surface area contributed by atoms with Gasteiger partial charge in [-0.1, -0.05) is 5.21 Å². The summed E-state index contributed by atoms with van der Waals surface area (Å²) in [6.07, 6.45) is 4.20. The zero-order valence-corrected chi connectivity index (χ0v) is 19.4. The number of ether oxygens (including phenoxy) is 1. The van der Waals surface area contributed by atoms with Crippen LogP contribution in [0.5, 0.6) is 0 Å². The molecule has 0 bridgehead atoms. The number of aromatic nitrogens is 5. The average Bonchev–Trinajstić information content (AvgIpc) is 3.57. The van der Waals surface area contributed by atoms with Gasteiger partial charge in [0, 0.05) is 42.3 Å². The summed E-state index contributed by atoms with van der Waals surface area (Å²) in [5.41, 5.74) is 4.95. The highest BCUT2D eigenvalue weighted by Crippen LogP contribution is 2.28. The molecule has 2 aliphatic rings. The Labute approximate surface area is 202 Å². The van der Waals surface area contributed by atoms with Crippen LogP contribution in [0, 0.1) is 0 Å². The molecule has 0 spiro atoms. The number of rotatable bonds is 5. The summed E-state index contributed by atoms with van der Waals surface area (Å²) in [5.74, 6) is 0.0237. The second-order valence-electron chi connectivity index (χ2n) is 9.02. The maximum absolute atomic E-state index is 12.7. The second kappa shape index (κ2) is 9.47. The van der Waals surface area contributed by atoms with Crippen LogP contribution < -0.4 is 10.6 Å². The van der Waals surface area contributed by atoms with Crippen LogP contribution in [0.2, 0.25) is 0 Å². The van der Waals surface area contributed by atoms with Gasteiger partial charge < -0.3 is 20.3 Å². The molecular formula is C25H28N8O2. The van der Waals surface area contributed by atoms with Crippen molar-refractivity contribution in [1.82, 2.24) is 35.4 Å². The number of nitrogens with zero attached hydrogens (tertiary/aromatic N) is 5. The first-order chi connectivity index (χ1) is 17.2. The number of morpholine rings is 1. The minimum Gasteiger partial charge on any atom is -0.381 e. The van der Waals surface area contributed by atoms with Crippen LogP contribution in [0.3, 0.4) is 0 Å². The van der Waals surface area contributed by atoms with Crippen LogP contribution in [0.4, 0.5) is 5.69 Å². The molecule has 3 N–H and O–H groups in total. The lowest BCUT2D eigenvalue weighted by Crippen LogP contribution is -2.40. The number of H-pyrrole nitrogens is 1. The molecule has 2 saturated heterocycles. The highest BCUT2D eigenvalue weighted by Gasteiger charge is 2.19. The van der Waals surface area contributed by atoms with Crippen molar-refractivity contribution in [3.05, 3.63) is 54.2 Å². The minimum atomic E-state index is 0.0237. The van der Waals surface area contributed by atoms with E-state index in [0.29, 0.717) is 43.6 Å². The number of hydrogen-bond donors (Lipinski definition) is 3. The van der Waals surface area contributed by atoms with Crippen LogP contribution in [0.25, 0.3) is 28.0 Å². The molecule has 0 saturated carbocycles. The predicted molar refractivity (Wildman–Crippen MR) is 133 cm³/mol. The van der Waals surface area contributed by atoms with Crippen molar-refractivity contribution in [3.8, 4) is 17.1 Å². The third-order valence-electron chi connectivity index (χ3n) is 6.64. The fraction of sp³-hybridized carbons (Fsp3) is 0.360. The fourth-order valence-electron chi connectivity index (χ4n) is 4.71. The van der Waals surface area contributed by atoms with Gasteiger partial charge in [0.1, 0.15) is 11.4 Å². The Bertz CT molecular complexity index is 1320. The zero-order valence-electron chi connectivity index (χ0n) is 19.4. The molecular weight excluding hydrogens is 444 g/mol. The van der Waals surface area contributed by atoms with Crippen LogP contribution in [-0.4, -0.2) is 81.4 Å². The SMILES string of the molecule is O=C(c1ccc(-n2cc(-c3n[nH]c4ccc(NC5CCCNC5)cc34)nn2)cc1)N1CCOCC1. The molecule has 4 aromatic rings. The van der Waals surface area contributed by atoms with Crippen molar-refractivity contribution < 1.29 is 9.53 Å². The van der Waals surface area contributed by atoms with E-state index in [-0.39, 0.29) is 5.91 Å². The molecule has 4 heterocycles. The average molecular weight is 473 g/mol. The number of amides is 1. The number of nitrogens with one attached hydrogen (secondary N) is 3. The Kier molecular flexibility index (Phi) is 5.89. The van der Waals surface area contributed by atoms with Gasteiger partial charge in [0.2, 0.25) is 0 Å². The largest absolute Gasteiger partial charge is 0.381 e. The smallest absolute Gasteiger partial charge is 0.254 e. The normalized spacial score (nSPS) is 18.6. The fourth-order valence-corrected chi connectivity index (χ4v) is 4.71. The van der Waals surface area contributed by atoms with E-state index >= 15 is 0 Å². The Morgan fingerprint density at radius 2 is 1.97 bits per heavy atom. The zero-order chi connectivity index (χ0) is 23.6. The molecule has 1 unspecified atom stereocenters. The van der Waals surface area contributed by atoms with Gasteiger partial charge in [-0.05, 0) is 61.9 Å². The summed E-state index contributed by atoms with van der Waals surface area (Å²) >= 11 is 0. The van der Waals surface area contributed by atoms with E-state index in [1.54, 1.807) is 4.68 Å². The lowest BCUT2D eigenvalue weighted by Gasteiger charge is -2.26.